The van der Waals surface area contributed by atoms with E-state index in [1.807, 2.05) is 67.6 Å². The first-order valence-electron chi connectivity index (χ1n) is 14.3. The fourth-order valence-corrected chi connectivity index (χ4v) is 5.74. The molecule has 2 amide bonds. The molecule has 2 aliphatic rings. The van der Waals surface area contributed by atoms with Crippen LogP contribution in [0.1, 0.15) is 52.2 Å². The maximum absolute atomic E-state index is 12.7. The zero-order chi connectivity index (χ0) is 29.9. The highest BCUT2D eigenvalue weighted by Gasteiger charge is 2.45. The SMILES string of the molecule is CCC(=O)N(C)N1/C(=C/C=C/C=C/C=C/C2=[N+](CC(=O)N(C)C)c3ccccc3C2(C)C)C(C)(C)c2ccccc21. The van der Waals surface area contributed by atoms with Crippen LogP contribution in [0.15, 0.2) is 96.8 Å². The number of nitrogens with zero attached hydrogens (tertiary/aromatic N) is 4. The Morgan fingerprint density at radius 1 is 0.805 bits per heavy atom. The van der Waals surface area contributed by atoms with Crippen molar-refractivity contribution in [3.63, 3.8) is 0 Å². The van der Waals surface area contributed by atoms with E-state index in [0.717, 1.165) is 22.8 Å². The Hall–Kier alpha value is -4.19. The predicted molar refractivity (Wildman–Crippen MR) is 168 cm³/mol. The van der Waals surface area contributed by atoms with E-state index >= 15 is 0 Å². The van der Waals surface area contributed by atoms with Gasteiger partial charge in [-0.15, -0.1) is 0 Å². The molecule has 0 unspecified atom stereocenters. The van der Waals surface area contributed by atoms with Crippen LogP contribution in [0.2, 0.25) is 0 Å². The van der Waals surface area contributed by atoms with Gasteiger partial charge in [0.15, 0.2) is 5.71 Å². The minimum Gasteiger partial charge on any atom is -0.343 e. The highest BCUT2D eigenvalue weighted by molar-refractivity contribution is 6.03. The Balaban J connectivity index is 1.58. The molecule has 6 heteroatoms. The van der Waals surface area contributed by atoms with E-state index in [1.54, 1.807) is 24.0 Å². The van der Waals surface area contributed by atoms with Crippen LogP contribution in [0.5, 0.6) is 0 Å². The lowest BCUT2D eigenvalue weighted by molar-refractivity contribution is -0.426. The molecule has 0 atom stereocenters. The lowest BCUT2D eigenvalue weighted by Gasteiger charge is -2.34. The van der Waals surface area contributed by atoms with Crippen molar-refractivity contribution >= 4 is 28.9 Å². The molecule has 214 valence electrons. The lowest BCUT2D eigenvalue weighted by atomic mass is 9.81. The van der Waals surface area contributed by atoms with Crippen molar-refractivity contribution < 1.29 is 14.2 Å². The van der Waals surface area contributed by atoms with Crippen molar-refractivity contribution in [1.29, 1.82) is 0 Å². The monoisotopic (exact) mass is 551 g/mol. The summed E-state index contributed by atoms with van der Waals surface area (Å²) in [7, 11) is 5.42. The summed E-state index contributed by atoms with van der Waals surface area (Å²) in [5.74, 6) is 0.125. The van der Waals surface area contributed by atoms with Gasteiger partial charge in [-0.05, 0) is 31.6 Å². The van der Waals surface area contributed by atoms with Crippen molar-refractivity contribution in [3.05, 3.63) is 108 Å². The second-order valence-corrected chi connectivity index (χ2v) is 11.8. The van der Waals surface area contributed by atoms with Crippen molar-refractivity contribution in [2.75, 3.05) is 32.7 Å². The molecular formula is C35H43N4O2+. The van der Waals surface area contributed by atoms with Crippen LogP contribution in [0.3, 0.4) is 0 Å². The summed E-state index contributed by atoms with van der Waals surface area (Å²) in [5.41, 5.74) is 6.21. The molecule has 0 bridgehead atoms. The molecule has 0 aromatic heterocycles. The molecule has 2 aromatic carbocycles. The smallest absolute Gasteiger partial charge is 0.288 e. The number of fused-ring (bicyclic) bond motifs is 2. The minimum atomic E-state index is -0.250. The number of rotatable bonds is 8. The summed E-state index contributed by atoms with van der Waals surface area (Å²) < 4.78 is 2.13. The number of allylic oxidation sites excluding steroid dienone is 8. The molecule has 2 heterocycles. The van der Waals surface area contributed by atoms with E-state index in [1.165, 1.54) is 11.1 Å². The van der Waals surface area contributed by atoms with Gasteiger partial charge in [-0.25, -0.2) is 0 Å². The summed E-state index contributed by atoms with van der Waals surface area (Å²) in [6.07, 6.45) is 14.7. The first-order valence-corrected chi connectivity index (χ1v) is 14.3. The first-order chi connectivity index (χ1) is 19.4. The molecular weight excluding hydrogens is 508 g/mol. The van der Waals surface area contributed by atoms with Gasteiger partial charge < -0.3 is 4.90 Å². The highest BCUT2D eigenvalue weighted by Crippen LogP contribution is 2.48. The maximum atomic E-state index is 12.7. The number of carbonyl (C=O) groups is 2. The summed E-state index contributed by atoms with van der Waals surface area (Å²) in [4.78, 5) is 26.9. The number of anilines is 1. The van der Waals surface area contributed by atoms with Gasteiger partial charge >= 0.3 is 0 Å². The lowest BCUT2D eigenvalue weighted by Crippen LogP contribution is -2.43. The van der Waals surface area contributed by atoms with Gasteiger partial charge in [0.1, 0.15) is 0 Å². The quantitative estimate of drug-likeness (QED) is 0.286. The molecule has 0 aliphatic carbocycles. The maximum Gasteiger partial charge on any atom is 0.288 e. The Labute approximate surface area is 245 Å². The molecule has 0 N–H and O–H groups in total. The zero-order valence-electron chi connectivity index (χ0n) is 25.7. The molecule has 4 rings (SSSR count). The van der Waals surface area contributed by atoms with Gasteiger partial charge in [-0.1, -0.05) is 87.5 Å². The summed E-state index contributed by atoms with van der Waals surface area (Å²) in [6.45, 7) is 11.0. The molecule has 2 aromatic rings. The third-order valence-electron chi connectivity index (χ3n) is 8.18. The average molecular weight is 552 g/mol. The average Bonchev–Trinajstić information content (AvgIpc) is 3.30. The Kier molecular flexibility index (Phi) is 8.52. The summed E-state index contributed by atoms with van der Waals surface area (Å²) >= 11 is 0. The Morgan fingerprint density at radius 2 is 1.41 bits per heavy atom. The number of likely N-dealkylation sites (N-methyl/N-ethyl adjacent to an activating group) is 1. The van der Waals surface area contributed by atoms with Gasteiger partial charge in [0, 0.05) is 50.7 Å². The van der Waals surface area contributed by atoms with Crippen molar-refractivity contribution in [3.8, 4) is 0 Å². The molecule has 0 radical (unpaired) electrons. The minimum absolute atomic E-state index is 0.0622. The van der Waals surface area contributed by atoms with Gasteiger partial charge in [0.05, 0.1) is 16.8 Å². The predicted octanol–water partition coefficient (Wildman–Crippen LogP) is 6.28. The topological polar surface area (TPSA) is 46.9 Å². The van der Waals surface area contributed by atoms with E-state index < -0.39 is 0 Å². The second-order valence-electron chi connectivity index (χ2n) is 11.8. The van der Waals surface area contributed by atoms with E-state index in [2.05, 4.69) is 74.8 Å². The number of hydrazine groups is 1. The largest absolute Gasteiger partial charge is 0.343 e. The number of hydrogen-bond acceptors (Lipinski definition) is 3. The molecule has 0 spiro atoms. The third kappa shape index (κ3) is 5.56. The van der Waals surface area contributed by atoms with Gasteiger partial charge in [0.25, 0.3) is 5.91 Å². The third-order valence-corrected chi connectivity index (χ3v) is 8.18. The molecule has 0 fully saturated rings. The molecule has 6 nitrogen and oxygen atoms in total. The number of benzene rings is 2. The fraction of sp³-hybridized carbons (Fsp3) is 0.343. The second kappa shape index (κ2) is 11.7. The zero-order valence-corrected chi connectivity index (χ0v) is 25.7. The van der Waals surface area contributed by atoms with Gasteiger partial charge in [-0.3, -0.25) is 19.6 Å². The van der Waals surface area contributed by atoms with Crippen molar-refractivity contribution in [2.24, 2.45) is 0 Å². The van der Waals surface area contributed by atoms with Gasteiger partial charge in [-0.2, -0.15) is 4.58 Å². The fourth-order valence-electron chi connectivity index (χ4n) is 5.74. The Bertz CT molecular complexity index is 1490. The molecule has 41 heavy (non-hydrogen) atoms. The molecule has 2 aliphatic heterocycles. The van der Waals surface area contributed by atoms with E-state index in [9.17, 15) is 9.59 Å². The van der Waals surface area contributed by atoms with Crippen molar-refractivity contribution in [1.82, 2.24) is 9.91 Å². The number of amides is 2. The molecule has 0 saturated heterocycles. The van der Waals surface area contributed by atoms with E-state index in [0.29, 0.717) is 13.0 Å². The van der Waals surface area contributed by atoms with Gasteiger partial charge in [0.2, 0.25) is 18.1 Å². The number of carbonyl (C=O) groups excluding carboxylic acids is 2. The van der Waals surface area contributed by atoms with E-state index in [4.69, 9.17) is 0 Å². The first kappa shape index (κ1) is 29.8. The van der Waals surface area contributed by atoms with Crippen LogP contribution in [-0.2, 0) is 20.4 Å². The van der Waals surface area contributed by atoms with Crippen LogP contribution < -0.4 is 5.01 Å². The van der Waals surface area contributed by atoms with Crippen LogP contribution >= 0.6 is 0 Å². The van der Waals surface area contributed by atoms with Crippen LogP contribution in [0.25, 0.3) is 0 Å². The van der Waals surface area contributed by atoms with E-state index in [-0.39, 0.29) is 22.6 Å². The number of para-hydroxylation sites is 2. The molecule has 0 saturated carbocycles. The Morgan fingerprint density at radius 3 is 2.10 bits per heavy atom. The summed E-state index contributed by atoms with van der Waals surface area (Å²) in [5, 5.41) is 3.76. The van der Waals surface area contributed by atoms with Crippen LogP contribution in [0, 0.1) is 0 Å². The summed E-state index contributed by atoms with van der Waals surface area (Å²) in [6, 6.07) is 16.6. The normalized spacial score (nSPS) is 18.1. The number of hydrogen-bond donors (Lipinski definition) is 0. The highest BCUT2D eigenvalue weighted by atomic mass is 16.2. The standard InChI is InChI=1S/C35H43N4O2/c1-9-32(40)37(8)39-29-22-18-16-20-27(29)35(4,5)31(39)24-14-12-10-11-13-23-30-34(2,3)26-19-15-17-21-28(26)38(30)25-33(41)36(6)7/h10-24H,9,25H2,1-8H3/q+1. The van der Waals surface area contributed by atoms with Crippen LogP contribution in [-0.4, -0.2) is 59.7 Å². The van der Waals surface area contributed by atoms with Crippen LogP contribution in [0.4, 0.5) is 11.4 Å². The van der Waals surface area contributed by atoms with Crippen molar-refractivity contribution in [2.45, 2.75) is 51.9 Å².